The standard InChI is InChI=1S/C12H23NO2/c1-11(2,3)9-5-7-12(13,8-6-9)10(14)15-4/h9H,5-8,13H2,1-4H3. The van der Waals surface area contributed by atoms with Gasteiger partial charge in [-0.25, -0.2) is 0 Å². The van der Waals surface area contributed by atoms with Crippen LogP contribution in [0.1, 0.15) is 46.5 Å². The summed E-state index contributed by atoms with van der Waals surface area (Å²) >= 11 is 0. The Balaban J connectivity index is 2.59. The highest BCUT2D eigenvalue weighted by Gasteiger charge is 2.41. The number of carbonyl (C=O) groups is 1. The SMILES string of the molecule is COC(=O)C1(N)CCC(C(C)(C)C)CC1. The lowest BCUT2D eigenvalue weighted by atomic mass is 9.67. The van der Waals surface area contributed by atoms with Crippen LogP contribution in [0.15, 0.2) is 0 Å². The molecule has 3 heteroatoms. The fraction of sp³-hybridized carbons (Fsp3) is 0.917. The van der Waals surface area contributed by atoms with Gasteiger partial charge in [0.05, 0.1) is 7.11 Å². The van der Waals surface area contributed by atoms with E-state index >= 15 is 0 Å². The molecule has 0 spiro atoms. The normalized spacial score (nSPS) is 32.5. The zero-order valence-corrected chi connectivity index (χ0v) is 10.3. The maximum atomic E-state index is 11.5. The molecular weight excluding hydrogens is 190 g/mol. The quantitative estimate of drug-likeness (QED) is 0.679. The van der Waals surface area contributed by atoms with Crippen LogP contribution in [0.25, 0.3) is 0 Å². The Morgan fingerprint density at radius 1 is 1.33 bits per heavy atom. The van der Waals surface area contributed by atoms with Crippen LogP contribution < -0.4 is 5.73 Å². The summed E-state index contributed by atoms with van der Waals surface area (Å²) in [4.78, 5) is 11.5. The molecule has 0 aromatic rings. The summed E-state index contributed by atoms with van der Waals surface area (Å²) in [7, 11) is 1.41. The first-order valence-corrected chi connectivity index (χ1v) is 5.67. The number of hydrogen-bond donors (Lipinski definition) is 1. The molecule has 0 aromatic carbocycles. The molecular formula is C12H23NO2. The van der Waals surface area contributed by atoms with Crippen molar-refractivity contribution in [2.24, 2.45) is 17.1 Å². The average Bonchev–Trinajstić information content (AvgIpc) is 2.15. The monoisotopic (exact) mass is 213 g/mol. The summed E-state index contributed by atoms with van der Waals surface area (Å²) in [6, 6.07) is 0. The topological polar surface area (TPSA) is 52.3 Å². The fourth-order valence-electron chi connectivity index (χ4n) is 2.41. The predicted molar refractivity (Wildman–Crippen MR) is 60.3 cm³/mol. The van der Waals surface area contributed by atoms with Gasteiger partial charge in [0.15, 0.2) is 0 Å². The lowest BCUT2D eigenvalue weighted by molar-refractivity contribution is -0.149. The average molecular weight is 213 g/mol. The van der Waals surface area contributed by atoms with Crippen molar-refractivity contribution in [3.63, 3.8) is 0 Å². The van der Waals surface area contributed by atoms with Gasteiger partial charge in [-0.05, 0) is 37.0 Å². The van der Waals surface area contributed by atoms with E-state index in [4.69, 9.17) is 10.5 Å². The maximum absolute atomic E-state index is 11.5. The number of ether oxygens (including phenoxy) is 1. The van der Waals surface area contributed by atoms with E-state index < -0.39 is 5.54 Å². The van der Waals surface area contributed by atoms with E-state index in [0.717, 1.165) is 25.7 Å². The van der Waals surface area contributed by atoms with E-state index in [1.54, 1.807) is 0 Å². The van der Waals surface area contributed by atoms with Crippen molar-refractivity contribution >= 4 is 5.97 Å². The third-order valence-corrected chi connectivity index (χ3v) is 3.69. The predicted octanol–water partition coefficient (Wildman–Crippen LogP) is 2.09. The van der Waals surface area contributed by atoms with Crippen LogP contribution in [0, 0.1) is 11.3 Å². The van der Waals surface area contributed by atoms with Gasteiger partial charge in [0.1, 0.15) is 5.54 Å². The van der Waals surface area contributed by atoms with Crippen molar-refractivity contribution in [1.82, 2.24) is 0 Å². The molecule has 0 bridgehead atoms. The van der Waals surface area contributed by atoms with Gasteiger partial charge in [-0.15, -0.1) is 0 Å². The number of nitrogens with two attached hydrogens (primary N) is 1. The highest BCUT2D eigenvalue weighted by molar-refractivity contribution is 5.80. The molecule has 15 heavy (non-hydrogen) atoms. The number of rotatable bonds is 1. The van der Waals surface area contributed by atoms with Crippen LogP contribution in [0.3, 0.4) is 0 Å². The Labute approximate surface area is 92.4 Å². The van der Waals surface area contributed by atoms with E-state index in [0.29, 0.717) is 11.3 Å². The minimum atomic E-state index is -0.726. The number of carbonyl (C=O) groups excluding carboxylic acids is 1. The van der Waals surface area contributed by atoms with E-state index in [1.165, 1.54) is 7.11 Å². The highest BCUT2D eigenvalue weighted by atomic mass is 16.5. The molecule has 0 unspecified atom stereocenters. The maximum Gasteiger partial charge on any atom is 0.325 e. The van der Waals surface area contributed by atoms with Crippen LogP contribution >= 0.6 is 0 Å². The zero-order valence-electron chi connectivity index (χ0n) is 10.3. The van der Waals surface area contributed by atoms with Gasteiger partial charge in [-0.2, -0.15) is 0 Å². The number of methoxy groups -OCH3 is 1. The minimum Gasteiger partial charge on any atom is -0.468 e. The molecule has 0 atom stereocenters. The molecule has 1 fully saturated rings. The lowest BCUT2D eigenvalue weighted by Crippen LogP contribution is -2.52. The minimum absolute atomic E-state index is 0.255. The van der Waals surface area contributed by atoms with Crippen molar-refractivity contribution in [2.45, 2.75) is 52.0 Å². The molecule has 3 nitrogen and oxygen atoms in total. The summed E-state index contributed by atoms with van der Waals surface area (Å²) in [5, 5.41) is 0. The van der Waals surface area contributed by atoms with Crippen molar-refractivity contribution in [1.29, 1.82) is 0 Å². The van der Waals surface area contributed by atoms with E-state index in [2.05, 4.69) is 20.8 Å². The Hall–Kier alpha value is -0.570. The first-order chi connectivity index (χ1) is 6.79. The molecule has 0 radical (unpaired) electrons. The smallest absolute Gasteiger partial charge is 0.325 e. The second kappa shape index (κ2) is 4.12. The summed E-state index contributed by atoms with van der Waals surface area (Å²) in [6.45, 7) is 6.75. The molecule has 1 rings (SSSR count). The summed E-state index contributed by atoms with van der Waals surface area (Å²) in [6.07, 6.45) is 3.55. The molecule has 2 N–H and O–H groups in total. The molecule has 0 saturated heterocycles. The molecule has 1 aliphatic carbocycles. The lowest BCUT2D eigenvalue weighted by Gasteiger charge is -2.40. The van der Waals surface area contributed by atoms with Crippen LogP contribution in [-0.4, -0.2) is 18.6 Å². The third kappa shape index (κ3) is 2.71. The van der Waals surface area contributed by atoms with Crippen molar-refractivity contribution < 1.29 is 9.53 Å². The second-order valence-corrected chi connectivity index (χ2v) is 5.79. The summed E-state index contributed by atoms with van der Waals surface area (Å²) in [5.74, 6) is 0.411. The van der Waals surface area contributed by atoms with Crippen LogP contribution in [0.5, 0.6) is 0 Å². The molecule has 0 heterocycles. The summed E-state index contributed by atoms with van der Waals surface area (Å²) < 4.78 is 4.75. The summed E-state index contributed by atoms with van der Waals surface area (Å²) in [5.41, 5.74) is 5.64. The molecule has 1 aliphatic rings. The number of esters is 1. The van der Waals surface area contributed by atoms with Gasteiger partial charge in [-0.3, -0.25) is 4.79 Å². The Morgan fingerprint density at radius 3 is 2.13 bits per heavy atom. The molecule has 0 amide bonds. The molecule has 1 saturated carbocycles. The van der Waals surface area contributed by atoms with Gasteiger partial charge < -0.3 is 10.5 Å². The zero-order chi connectivity index (χ0) is 11.7. The molecule has 0 aliphatic heterocycles. The van der Waals surface area contributed by atoms with Crippen LogP contribution in [0.4, 0.5) is 0 Å². The highest BCUT2D eigenvalue weighted by Crippen LogP contribution is 2.40. The van der Waals surface area contributed by atoms with Crippen molar-refractivity contribution in [3.05, 3.63) is 0 Å². The Morgan fingerprint density at radius 2 is 1.80 bits per heavy atom. The Bertz CT molecular complexity index is 234. The van der Waals surface area contributed by atoms with E-state index in [-0.39, 0.29) is 5.97 Å². The van der Waals surface area contributed by atoms with Gasteiger partial charge in [0.2, 0.25) is 0 Å². The van der Waals surface area contributed by atoms with Crippen LogP contribution in [0.2, 0.25) is 0 Å². The third-order valence-electron chi connectivity index (χ3n) is 3.69. The number of hydrogen-bond acceptors (Lipinski definition) is 3. The fourth-order valence-corrected chi connectivity index (χ4v) is 2.41. The van der Waals surface area contributed by atoms with Crippen molar-refractivity contribution in [3.8, 4) is 0 Å². The molecule has 88 valence electrons. The molecule has 0 aromatic heterocycles. The first-order valence-electron chi connectivity index (χ1n) is 5.67. The largest absolute Gasteiger partial charge is 0.468 e. The van der Waals surface area contributed by atoms with Crippen LogP contribution in [-0.2, 0) is 9.53 Å². The van der Waals surface area contributed by atoms with Gasteiger partial charge in [0, 0.05) is 0 Å². The van der Waals surface area contributed by atoms with Gasteiger partial charge >= 0.3 is 5.97 Å². The van der Waals surface area contributed by atoms with E-state index in [1.807, 2.05) is 0 Å². The van der Waals surface area contributed by atoms with Crippen molar-refractivity contribution in [2.75, 3.05) is 7.11 Å². The first kappa shape index (κ1) is 12.5. The van der Waals surface area contributed by atoms with Gasteiger partial charge in [0.25, 0.3) is 0 Å². The van der Waals surface area contributed by atoms with E-state index in [9.17, 15) is 4.79 Å². The second-order valence-electron chi connectivity index (χ2n) is 5.79. The van der Waals surface area contributed by atoms with Gasteiger partial charge in [-0.1, -0.05) is 20.8 Å². The Kier molecular flexibility index (Phi) is 3.44.